The van der Waals surface area contributed by atoms with Crippen molar-refractivity contribution in [2.75, 3.05) is 18.3 Å². The number of hydrogen-bond donors (Lipinski definition) is 1. The van der Waals surface area contributed by atoms with Crippen molar-refractivity contribution < 1.29 is 9.53 Å². The molecule has 1 aromatic rings. The first kappa shape index (κ1) is 13.8. The molecule has 94 valence electrons. The molecule has 1 N–H and O–H groups in total. The summed E-state index contributed by atoms with van der Waals surface area (Å²) in [4.78, 5) is 11.7. The molecule has 0 spiro atoms. The minimum absolute atomic E-state index is 0.181. The topological polar surface area (TPSA) is 38.3 Å². The van der Waals surface area contributed by atoms with Crippen LogP contribution in [0.3, 0.4) is 0 Å². The Hall–Kier alpha value is -1.22. The zero-order valence-electron chi connectivity index (χ0n) is 10.4. The third-order valence-corrected chi connectivity index (χ3v) is 3.16. The molecule has 1 unspecified atom stereocenters. The Balaban J connectivity index is 2.82. The Bertz CT molecular complexity index is 365. The van der Waals surface area contributed by atoms with E-state index in [-0.39, 0.29) is 12.0 Å². The Morgan fingerprint density at radius 1 is 1.41 bits per heavy atom. The molecule has 3 nitrogen and oxygen atoms in total. The second-order valence-corrected chi connectivity index (χ2v) is 4.74. The van der Waals surface area contributed by atoms with Crippen LogP contribution in [0.5, 0.6) is 0 Å². The van der Waals surface area contributed by atoms with Gasteiger partial charge in [0.05, 0.1) is 18.6 Å². The number of ether oxygens (including phenoxy) is 1. The van der Waals surface area contributed by atoms with Gasteiger partial charge in [-0.15, -0.1) is 11.6 Å². The van der Waals surface area contributed by atoms with Crippen LogP contribution >= 0.6 is 11.6 Å². The number of para-hydroxylation sites is 1. The van der Waals surface area contributed by atoms with Gasteiger partial charge >= 0.3 is 5.97 Å². The molecule has 0 fully saturated rings. The van der Waals surface area contributed by atoms with Crippen LogP contribution in [0.25, 0.3) is 0 Å². The monoisotopic (exact) mass is 255 g/mol. The fourth-order valence-electron chi connectivity index (χ4n) is 1.55. The summed E-state index contributed by atoms with van der Waals surface area (Å²) in [6.45, 7) is 3.64. The van der Waals surface area contributed by atoms with Crippen molar-refractivity contribution in [2.24, 2.45) is 5.41 Å². The highest BCUT2D eigenvalue weighted by molar-refractivity contribution is 6.18. The first-order valence-corrected chi connectivity index (χ1v) is 6.01. The molecule has 0 aliphatic rings. The SMILES string of the molecule is COC(=O)C(C)(C)C(CCl)Nc1ccccc1. The van der Waals surface area contributed by atoms with E-state index in [4.69, 9.17) is 16.3 Å². The normalized spacial score (nSPS) is 12.9. The van der Waals surface area contributed by atoms with Crippen LogP contribution in [0.2, 0.25) is 0 Å². The van der Waals surface area contributed by atoms with Crippen molar-refractivity contribution in [2.45, 2.75) is 19.9 Å². The van der Waals surface area contributed by atoms with Gasteiger partial charge in [0.2, 0.25) is 0 Å². The minimum atomic E-state index is -0.674. The Kier molecular flexibility index (Phi) is 4.82. The maximum absolute atomic E-state index is 11.7. The van der Waals surface area contributed by atoms with Crippen molar-refractivity contribution in [3.05, 3.63) is 30.3 Å². The smallest absolute Gasteiger partial charge is 0.313 e. The number of methoxy groups -OCH3 is 1. The summed E-state index contributed by atoms with van der Waals surface area (Å²) in [6.07, 6.45) is 0. The molecule has 17 heavy (non-hydrogen) atoms. The molecule has 0 bridgehead atoms. The van der Waals surface area contributed by atoms with E-state index in [9.17, 15) is 4.79 Å². The summed E-state index contributed by atoms with van der Waals surface area (Å²) < 4.78 is 4.80. The van der Waals surface area contributed by atoms with Gasteiger partial charge in [-0.1, -0.05) is 18.2 Å². The van der Waals surface area contributed by atoms with Gasteiger partial charge < -0.3 is 10.1 Å². The quantitative estimate of drug-likeness (QED) is 0.650. The van der Waals surface area contributed by atoms with E-state index in [0.29, 0.717) is 5.88 Å². The molecule has 0 heterocycles. The molecule has 1 atom stereocenters. The van der Waals surface area contributed by atoms with Gasteiger partial charge in [0.25, 0.3) is 0 Å². The van der Waals surface area contributed by atoms with Crippen LogP contribution in [0.1, 0.15) is 13.8 Å². The maximum atomic E-state index is 11.7. The van der Waals surface area contributed by atoms with Crippen LogP contribution in [0.15, 0.2) is 30.3 Å². The Morgan fingerprint density at radius 2 is 2.00 bits per heavy atom. The molecular weight excluding hydrogens is 238 g/mol. The average molecular weight is 256 g/mol. The zero-order valence-corrected chi connectivity index (χ0v) is 11.1. The lowest BCUT2D eigenvalue weighted by Gasteiger charge is -2.31. The molecule has 0 saturated carbocycles. The minimum Gasteiger partial charge on any atom is -0.469 e. The highest BCUT2D eigenvalue weighted by Gasteiger charge is 2.37. The van der Waals surface area contributed by atoms with Crippen molar-refractivity contribution in [3.63, 3.8) is 0 Å². The lowest BCUT2D eigenvalue weighted by Crippen LogP contribution is -2.44. The molecule has 1 aromatic carbocycles. The van der Waals surface area contributed by atoms with Crippen LogP contribution in [-0.4, -0.2) is 25.0 Å². The number of carbonyl (C=O) groups is 1. The molecule has 0 aromatic heterocycles. The highest BCUT2D eigenvalue weighted by atomic mass is 35.5. The number of rotatable bonds is 5. The Labute approximate surface area is 107 Å². The first-order valence-electron chi connectivity index (χ1n) is 5.48. The summed E-state index contributed by atoms with van der Waals surface area (Å²) in [5.41, 5.74) is 0.266. The molecule has 0 saturated heterocycles. The molecule has 0 aliphatic carbocycles. The van der Waals surface area contributed by atoms with Crippen molar-refractivity contribution >= 4 is 23.3 Å². The molecule has 0 amide bonds. The highest BCUT2D eigenvalue weighted by Crippen LogP contribution is 2.26. The van der Waals surface area contributed by atoms with E-state index in [1.165, 1.54) is 7.11 Å². The maximum Gasteiger partial charge on any atom is 0.313 e. The van der Waals surface area contributed by atoms with Gasteiger partial charge in [-0.25, -0.2) is 0 Å². The number of hydrogen-bond acceptors (Lipinski definition) is 3. The van der Waals surface area contributed by atoms with Gasteiger partial charge in [-0.3, -0.25) is 4.79 Å². The van der Waals surface area contributed by atoms with E-state index in [2.05, 4.69) is 5.32 Å². The number of nitrogens with one attached hydrogen (secondary N) is 1. The van der Waals surface area contributed by atoms with Crippen molar-refractivity contribution in [1.82, 2.24) is 0 Å². The summed E-state index contributed by atoms with van der Waals surface area (Å²) in [5.74, 6) is 0.0587. The summed E-state index contributed by atoms with van der Waals surface area (Å²) >= 11 is 5.93. The number of benzene rings is 1. The van der Waals surface area contributed by atoms with Crippen LogP contribution in [0, 0.1) is 5.41 Å². The van der Waals surface area contributed by atoms with E-state index in [0.717, 1.165) is 5.69 Å². The second kappa shape index (κ2) is 5.92. The number of anilines is 1. The average Bonchev–Trinajstić information content (AvgIpc) is 2.35. The third kappa shape index (κ3) is 3.37. The number of esters is 1. The van der Waals surface area contributed by atoms with Gasteiger partial charge in [0, 0.05) is 11.6 Å². The number of carbonyl (C=O) groups excluding carboxylic acids is 1. The number of alkyl halides is 1. The largest absolute Gasteiger partial charge is 0.469 e. The van der Waals surface area contributed by atoms with E-state index < -0.39 is 5.41 Å². The van der Waals surface area contributed by atoms with Crippen LogP contribution in [-0.2, 0) is 9.53 Å². The van der Waals surface area contributed by atoms with Gasteiger partial charge in [-0.2, -0.15) is 0 Å². The van der Waals surface area contributed by atoms with Gasteiger partial charge in [0.15, 0.2) is 0 Å². The number of halogens is 1. The predicted octanol–water partition coefficient (Wildman–Crippen LogP) is 2.91. The summed E-state index contributed by atoms with van der Waals surface area (Å²) in [5, 5.41) is 3.25. The van der Waals surface area contributed by atoms with Gasteiger partial charge in [0.1, 0.15) is 0 Å². The third-order valence-electron chi connectivity index (χ3n) is 2.85. The van der Waals surface area contributed by atoms with Crippen LogP contribution < -0.4 is 5.32 Å². The molecule has 4 heteroatoms. The van der Waals surface area contributed by atoms with Gasteiger partial charge in [-0.05, 0) is 26.0 Å². The lowest BCUT2D eigenvalue weighted by atomic mass is 9.85. The lowest BCUT2D eigenvalue weighted by molar-refractivity contribution is -0.151. The summed E-state index contributed by atoms with van der Waals surface area (Å²) in [6, 6.07) is 9.49. The standard InChI is InChI=1S/C13H18ClNO2/c1-13(2,12(16)17-3)11(9-14)15-10-7-5-4-6-8-10/h4-8,11,15H,9H2,1-3H3. The molecule has 1 rings (SSSR count). The summed E-state index contributed by atoms with van der Waals surface area (Å²) in [7, 11) is 1.39. The molecular formula is C13H18ClNO2. The van der Waals surface area contributed by atoms with E-state index in [1.54, 1.807) is 0 Å². The molecule has 0 radical (unpaired) electrons. The van der Waals surface area contributed by atoms with Crippen molar-refractivity contribution in [3.8, 4) is 0 Å². The second-order valence-electron chi connectivity index (χ2n) is 4.43. The Morgan fingerprint density at radius 3 is 2.47 bits per heavy atom. The predicted molar refractivity (Wildman–Crippen MR) is 70.4 cm³/mol. The van der Waals surface area contributed by atoms with Crippen LogP contribution in [0.4, 0.5) is 5.69 Å². The first-order chi connectivity index (χ1) is 8.02. The fraction of sp³-hybridized carbons (Fsp3) is 0.462. The zero-order chi connectivity index (χ0) is 12.9. The van der Waals surface area contributed by atoms with E-state index >= 15 is 0 Å². The van der Waals surface area contributed by atoms with E-state index in [1.807, 2.05) is 44.2 Å². The van der Waals surface area contributed by atoms with Crippen molar-refractivity contribution in [1.29, 1.82) is 0 Å². The fourth-order valence-corrected chi connectivity index (χ4v) is 2.02. The molecule has 0 aliphatic heterocycles.